The Morgan fingerprint density at radius 3 is 2.52 bits per heavy atom. The van der Waals surface area contributed by atoms with Crippen LogP contribution in [0.15, 0.2) is 42.5 Å². The first-order valence-electron chi connectivity index (χ1n) is 8.76. The van der Waals surface area contributed by atoms with Crippen molar-refractivity contribution in [3.8, 4) is 11.5 Å². The van der Waals surface area contributed by atoms with Crippen LogP contribution in [-0.4, -0.2) is 18.6 Å². The van der Waals surface area contributed by atoms with Gasteiger partial charge in [-0.2, -0.15) is 0 Å². The summed E-state index contributed by atoms with van der Waals surface area (Å²) < 4.78 is 11.4. The standard InChI is InChI=1S/C21H27NO3/c1-5-20(25-19-11-10-15(3)16(4)12-19)21(23)22-14-17-8-7-9-18(13-17)24-6-2/h7-13,20H,5-6,14H2,1-4H3,(H,22,23)/t20-/m0/s1. The highest BCUT2D eigenvalue weighted by atomic mass is 16.5. The highest BCUT2D eigenvalue weighted by molar-refractivity contribution is 5.81. The Labute approximate surface area is 150 Å². The van der Waals surface area contributed by atoms with Gasteiger partial charge in [-0.05, 0) is 68.1 Å². The van der Waals surface area contributed by atoms with E-state index in [0.717, 1.165) is 22.6 Å². The van der Waals surface area contributed by atoms with E-state index in [2.05, 4.69) is 12.2 Å². The largest absolute Gasteiger partial charge is 0.494 e. The van der Waals surface area contributed by atoms with E-state index in [1.54, 1.807) is 0 Å². The van der Waals surface area contributed by atoms with Gasteiger partial charge >= 0.3 is 0 Å². The van der Waals surface area contributed by atoms with E-state index in [0.29, 0.717) is 19.6 Å². The molecular weight excluding hydrogens is 314 g/mol. The summed E-state index contributed by atoms with van der Waals surface area (Å²) in [6, 6.07) is 13.6. The van der Waals surface area contributed by atoms with Crippen molar-refractivity contribution in [3.05, 3.63) is 59.2 Å². The molecule has 2 aromatic carbocycles. The maximum absolute atomic E-state index is 12.4. The van der Waals surface area contributed by atoms with Gasteiger partial charge in [0.1, 0.15) is 11.5 Å². The zero-order valence-corrected chi connectivity index (χ0v) is 15.5. The summed E-state index contributed by atoms with van der Waals surface area (Å²) in [4.78, 5) is 12.4. The van der Waals surface area contributed by atoms with Crippen molar-refractivity contribution in [1.82, 2.24) is 5.32 Å². The molecule has 134 valence electrons. The Balaban J connectivity index is 1.95. The number of hydrogen-bond acceptors (Lipinski definition) is 3. The molecule has 0 unspecified atom stereocenters. The molecular formula is C21H27NO3. The molecule has 0 saturated heterocycles. The first kappa shape index (κ1) is 18.8. The average Bonchev–Trinajstić information content (AvgIpc) is 2.61. The van der Waals surface area contributed by atoms with Gasteiger partial charge in [-0.25, -0.2) is 0 Å². The fourth-order valence-corrected chi connectivity index (χ4v) is 2.49. The first-order valence-corrected chi connectivity index (χ1v) is 8.76. The van der Waals surface area contributed by atoms with E-state index in [4.69, 9.17) is 9.47 Å². The number of ether oxygens (including phenoxy) is 2. The van der Waals surface area contributed by atoms with Crippen LogP contribution in [-0.2, 0) is 11.3 Å². The summed E-state index contributed by atoms with van der Waals surface area (Å²) in [5, 5.41) is 2.95. The van der Waals surface area contributed by atoms with Crippen molar-refractivity contribution in [2.75, 3.05) is 6.61 Å². The maximum atomic E-state index is 12.4. The van der Waals surface area contributed by atoms with Crippen LogP contribution in [0.4, 0.5) is 0 Å². The summed E-state index contributed by atoms with van der Waals surface area (Å²) >= 11 is 0. The highest BCUT2D eigenvalue weighted by Crippen LogP contribution is 2.19. The lowest BCUT2D eigenvalue weighted by Gasteiger charge is -2.18. The zero-order chi connectivity index (χ0) is 18.2. The molecule has 0 heterocycles. The van der Waals surface area contributed by atoms with Gasteiger partial charge in [0, 0.05) is 6.54 Å². The van der Waals surface area contributed by atoms with Crippen LogP contribution in [0.3, 0.4) is 0 Å². The smallest absolute Gasteiger partial charge is 0.261 e. The minimum absolute atomic E-state index is 0.109. The topological polar surface area (TPSA) is 47.6 Å². The molecule has 1 atom stereocenters. The van der Waals surface area contributed by atoms with Gasteiger partial charge in [0.25, 0.3) is 5.91 Å². The fraction of sp³-hybridized carbons (Fsp3) is 0.381. The molecule has 1 amide bonds. The van der Waals surface area contributed by atoms with Gasteiger partial charge in [-0.3, -0.25) is 4.79 Å². The Hall–Kier alpha value is -2.49. The van der Waals surface area contributed by atoms with Crippen LogP contribution < -0.4 is 14.8 Å². The van der Waals surface area contributed by atoms with Gasteiger partial charge in [-0.1, -0.05) is 25.1 Å². The van der Waals surface area contributed by atoms with Crippen molar-refractivity contribution < 1.29 is 14.3 Å². The van der Waals surface area contributed by atoms with E-state index >= 15 is 0 Å². The summed E-state index contributed by atoms with van der Waals surface area (Å²) in [7, 11) is 0. The second-order valence-corrected chi connectivity index (χ2v) is 6.06. The third-order valence-corrected chi connectivity index (χ3v) is 4.10. The van der Waals surface area contributed by atoms with Crippen molar-refractivity contribution in [2.45, 2.75) is 46.8 Å². The molecule has 0 aliphatic rings. The van der Waals surface area contributed by atoms with Crippen LogP contribution >= 0.6 is 0 Å². The van der Waals surface area contributed by atoms with Crippen molar-refractivity contribution in [2.24, 2.45) is 0 Å². The number of aryl methyl sites for hydroxylation is 2. The monoisotopic (exact) mass is 341 g/mol. The van der Waals surface area contributed by atoms with E-state index in [1.165, 1.54) is 5.56 Å². The number of benzene rings is 2. The van der Waals surface area contributed by atoms with E-state index in [-0.39, 0.29) is 5.91 Å². The molecule has 0 saturated carbocycles. The average molecular weight is 341 g/mol. The van der Waals surface area contributed by atoms with E-state index in [9.17, 15) is 4.79 Å². The fourth-order valence-electron chi connectivity index (χ4n) is 2.49. The number of hydrogen-bond donors (Lipinski definition) is 1. The minimum atomic E-state index is -0.503. The van der Waals surface area contributed by atoms with Crippen LogP contribution in [0.2, 0.25) is 0 Å². The lowest BCUT2D eigenvalue weighted by atomic mass is 10.1. The molecule has 0 aliphatic heterocycles. The Kier molecular flexibility index (Phi) is 6.87. The molecule has 0 radical (unpaired) electrons. The molecule has 2 rings (SSSR count). The molecule has 1 N–H and O–H groups in total. The summed E-state index contributed by atoms with van der Waals surface area (Å²) in [5.74, 6) is 1.43. The van der Waals surface area contributed by atoms with Gasteiger partial charge in [0.15, 0.2) is 6.10 Å². The second-order valence-electron chi connectivity index (χ2n) is 6.06. The van der Waals surface area contributed by atoms with Crippen molar-refractivity contribution in [3.63, 3.8) is 0 Å². The molecule has 0 aromatic heterocycles. The lowest BCUT2D eigenvalue weighted by Crippen LogP contribution is -2.37. The minimum Gasteiger partial charge on any atom is -0.494 e. The van der Waals surface area contributed by atoms with Gasteiger partial charge in [0.05, 0.1) is 6.61 Å². The van der Waals surface area contributed by atoms with Crippen molar-refractivity contribution >= 4 is 5.91 Å². The first-order chi connectivity index (χ1) is 12.0. The normalized spacial score (nSPS) is 11.7. The SMILES string of the molecule is CCOc1cccc(CNC(=O)[C@H](CC)Oc2ccc(C)c(C)c2)c1. The zero-order valence-electron chi connectivity index (χ0n) is 15.5. The van der Waals surface area contributed by atoms with Crippen molar-refractivity contribution in [1.29, 1.82) is 0 Å². The third-order valence-electron chi connectivity index (χ3n) is 4.10. The molecule has 0 aliphatic carbocycles. The number of amides is 1. The quantitative estimate of drug-likeness (QED) is 0.784. The molecule has 0 bridgehead atoms. The van der Waals surface area contributed by atoms with Crippen LogP contribution in [0, 0.1) is 13.8 Å². The third kappa shape index (κ3) is 5.52. The maximum Gasteiger partial charge on any atom is 0.261 e. The molecule has 4 heteroatoms. The van der Waals surface area contributed by atoms with Crippen LogP contribution in [0.1, 0.15) is 37.0 Å². The number of rotatable bonds is 8. The summed E-state index contributed by atoms with van der Waals surface area (Å²) in [6.45, 7) is 9.06. The molecule has 0 fully saturated rings. The van der Waals surface area contributed by atoms with Crippen LogP contribution in [0.5, 0.6) is 11.5 Å². The lowest BCUT2D eigenvalue weighted by molar-refractivity contribution is -0.128. The summed E-state index contributed by atoms with van der Waals surface area (Å²) in [5.41, 5.74) is 3.36. The molecule has 4 nitrogen and oxygen atoms in total. The summed E-state index contributed by atoms with van der Waals surface area (Å²) in [6.07, 6.45) is 0.106. The Bertz CT molecular complexity index is 712. The molecule has 0 spiro atoms. The Morgan fingerprint density at radius 2 is 1.84 bits per heavy atom. The van der Waals surface area contributed by atoms with Crippen LogP contribution in [0.25, 0.3) is 0 Å². The van der Waals surface area contributed by atoms with Gasteiger partial charge < -0.3 is 14.8 Å². The number of nitrogens with one attached hydrogen (secondary N) is 1. The van der Waals surface area contributed by atoms with E-state index < -0.39 is 6.10 Å². The molecule has 25 heavy (non-hydrogen) atoms. The number of carbonyl (C=O) groups excluding carboxylic acids is 1. The predicted octanol–water partition coefficient (Wildman–Crippen LogP) is 4.18. The number of carbonyl (C=O) groups is 1. The highest BCUT2D eigenvalue weighted by Gasteiger charge is 2.18. The molecule has 2 aromatic rings. The Morgan fingerprint density at radius 1 is 1.04 bits per heavy atom. The van der Waals surface area contributed by atoms with Gasteiger partial charge in [0.2, 0.25) is 0 Å². The second kappa shape index (κ2) is 9.11. The van der Waals surface area contributed by atoms with E-state index in [1.807, 2.05) is 63.2 Å². The van der Waals surface area contributed by atoms with Gasteiger partial charge in [-0.15, -0.1) is 0 Å². The predicted molar refractivity (Wildman–Crippen MR) is 100 cm³/mol.